The maximum absolute atomic E-state index is 10.6. The van der Waals surface area contributed by atoms with Crippen LogP contribution in [0, 0.1) is 0 Å². The smallest absolute Gasteiger partial charge is 0.330 e. The zero-order valence-corrected chi connectivity index (χ0v) is 17.2. The van der Waals surface area contributed by atoms with E-state index in [1.807, 2.05) is 0 Å². The number of hydrogen-bond acceptors (Lipinski definition) is 1. The quantitative estimate of drug-likeness (QED) is 0.211. The largest absolute Gasteiger partial charge is 0.478 e. The molecule has 0 aromatic rings. The Balaban J connectivity index is 0. The van der Waals surface area contributed by atoms with Gasteiger partial charge in [0.25, 0.3) is 0 Å². The fraction of sp³-hybridized carbons (Fsp3) is 0.842. The summed E-state index contributed by atoms with van der Waals surface area (Å²) >= 11 is 0. The van der Waals surface area contributed by atoms with Crippen LogP contribution in [0.1, 0.15) is 103 Å². The van der Waals surface area contributed by atoms with Crippen LogP contribution in [0.5, 0.6) is 0 Å². The molecule has 0 saturated carbocycles. The summed E-state index contributed by atoms with van der Waals surface area (Å²) in [6.07, 6.45) is 19.2. The molecule has 0 fully saturated rings. The van der Waals surface area contributed by atoms with E-state index in [9.17, 15) is 4.79 Å². The van der Waals surface area contributed by atoms with E-state index in [1.165, 1.54) is 77.0 Å². The van der Waals surface area contributed by atoms with E-state index in [0.717, 1.165) is 12.8 Å². The zero-order chi connectivity index (χ0) is 15.8. The number of carboxylic acid groups (broad SMARTS) is 1. The third-order valence-electron chi connectivity index (χ3n) is 4.13. The Morgan fingerprint density at radius 2 is 1.05 bits per heavy atom. The molecule has 0 aliphatic heterocycles. The summed E-state index contributed by atoms with van der Waals surface area (Å²) in [4.78, 5) is 10.6. The Morgan fingerprint density at radius 1 is 0.727 bits per heavy atom. The molecule has 0 heterocycles. The average molecular weight is 319 g/mol. The molecule has 0 aromatic heterocycles. The van der Waals surface area contributed by atoms with E-state index >= 15 is 0 Å². The molecule has 22 heavy (non-hydrogen) atoms. The first kappa shape index (κ1) is 24.5. The van der Waals surface area contributed by atoms with E-state index in [1.54, 1.807) is 0 Å². The first-order valence-corrected chi connectivity index (χ1v) is 9.09. The maximum Gasteiger partial charge on any atom is 0.330 e. The Labute approximate surface area is 160 Å². The van der Waals surface area contributed by atoms with Gasteiger partial charge in [-0.1, -0.05) is 97.0 Å². The van der Waals surface area contributed by atoms with Crippen molar-refractivity contribution in [1.82, 2.24) is 0 Å². The van der Waals surface area contributed by atoms with Crippen LogP contribution in [0.15, 0.2) is 12.2 Å². The van der Waals surface area contributed by atoms with E-state index in [0.29, 0.717) is 12.0 Å². The summed E-state index contributed by atoms with van der Waals surface area (Å²) in [6.45, 7) is 5.82. The van der Waals surface area contributed by atoms with Crippen LogP contribution in [0.4, 0.5) is 0 Å². The van der Waals surface area contributed by atoms with Crippen molar-refractivity contribution < 1.29 is 9.90 Å². The molecule has 0 aromatic carbocycles. The van der Waals surface area contributed by atoms with Gasteiger partial charge in [-0.25, -0.2) is 4.79 Å². The third kappa shape index (κ3) is 18.3. The van der Waals surface area contributed by atoms with Crippen LogP contribution in [-0.2, 0) is 4.79 Å². The fourth-order valence-electron chi connectivity index (χ4n) is 2.64. The van der Waals surface area contributed by atoms with Crippen molar-refractivity contribution in [3.05, 3.63) is 12.2 Å². The third-order valence-corrected chi connectivity index (χ3v) is 4.13. The molecular weight excluding hydrogens is 283 g/mol. The molecule has 1 radical (unpaired) electrons. The van der Waals surface area contributed by atoms with Crippen LogP contribution in [0.25, 0.3) is 0 Å². The van der Waals surface area contributed by atoms with Gasteiger partial charge in [-0.2, -0.15) is 0 Å². The Bertz CT molecular complexity index is 264. The fourth-order valence-corrected chi connectivity index (χ4v) is 2.64. The van der Waals surface area contributed by atoms with Crippen LogP contribution >= 0.6 is 0 Å². The van der Waals surface area contributed by atoms with E-state index in [-0.39, 0.29) is 29.6 Å². The Morgan fingerprint density at radius 3 is 1.36 bits per heavy atom. The van der Waals surface area contributed by atoms with Gasteiger partial charge in [0, 0.05) is 35.1 Å². The van der Waals surface area contributed by atoms with Gasteiger partial charge >= 0.3 is 5.97 Å². The molecule has 0 saturated heterocycles. The average Bonchev–Trinajstić information content (AvgIpc) is 2.47. The Kier molecular flexibility index (Phi) is 21.4. The van der Waals surface area contributed by atoms with Crippen LogP contribution < -0.4 is 0 Å². The van der Waals surface area contributed by atoms with Crippen molar-refractivity contribution in [2.75, 3.05) is 0 Å². The summed E-state index contributed by atoms with van der Waals surface area (Å²) in [7, 11) is 0. The SMILES string of the molecule is C=C(CCCCCCCCCCCCCCCC)C(=O)O.[Na]. The number of hydrogen-bond donors (Lipinski definition) is 1. The van der Waals surface area contributed by atoms with Gasteiger partial charge in [-0.3, -0.25) is 0 Å². The molecule has 3 heteroatoms. The minimum Gasteiger partial charge on any atom is -0.478 e. The second-order valence-electron chi connectivity index (χ2n) is 6.25. The molecule has 0 aliphatic carbocycles. The summed E-state index contributed by atoms with van der Waals surface area (Å²) in [6, 6.07) is 0. The van der Waals surface area contributed by atoms with E-state index in [4.69, 9.17) is 5.11 Å². The molecule has 0 spiro atoms. The monoisotopic (exact) mass is 319 g/mol. The number of unbranched alkanes of at least 4 members (excludes halogenated alkanes) is 13. The van der Waals surface area contributed by atoms with Gasteiger partial charge in [0.15, 0.2) is 0 Å². The predicted octanol–water partition coefficient (Wildman–Crippen LogP) is 6.12. The van der Waals surface area contributed by atoms with Gasteiger partial charge < -0.3 is 5.11 Å². The number of rotatable bonds is 16. The number of aliphatic carboxylic acids is 1. The second kappa shape index (κ2) is 19.3. The summed E-state index contributed by atoms with van der Waals surface area (Å²) < 4.78 is 0. The molecular formula is C19H36NaO2. The number of carboxylic acids is 1. The van der Waals surface area contributed by atoms with Crippen LogP contribution in [0.3, 0.4) is 0 Å². The summed E-state index contributed by atoms with van der Waals surface area (Å²) in [5, 5.41) is 8.69. The molecule has 0 bridgehead atoms. The van der Waals surface area contributed by atoms with Gasteiger partial charge in [0.1, 0.15) is 0 Å². The van der Waals surface area contributed by atoms with Crippen LogP contribution in [-0.4, -0.2) is 40.6 Å². The van der Waals surface area contributed by atoms with Gasteiger partial charge in [-0.05, 0) is 12.8 Å². The summed E-state index contributed by atoms with van der Waals surface area (Å²) in [5.41, 5.74) is 0.355. The molecule has 2 nitrogen and oxygen atoms in total. The standard InChI is InChI=1S/C19H36O2.Na/c1-3-4-5-6-7-8-9-10-11-12-13-14-15-16-17-18(2)19(20)21;/h2-17H2,1H3,(H,20,21);. The molecule has 1 N–H and O–H groups in total. The number of carbonyl (C=O) groups is 1. The first-order chi connectivity index (χ1) is 10.2. The van der Waals surface area contributed by atoms with Crippen molar-refractivity contribution in [3.8, 4) is 0 Å². The van der Waals surface area contributed by atoms with E-state index < -0.39 is 5.97 Å². The molecule has 0 unspecified atom stereocenters. The van der Waals surface area contributed by atoms with Gasteiger partial charge in [0.2, 0.25) is 0 Å². The normalized spacial score (nSPS) is 10.2. The van der Waals surface area contributed by atoms with Crippen molar-refractivity contribution >= 4 is 35.5 Å². The first-order valence-electron chi connectivity index (χ1n) is 9.09. The summed E-state index contributed by atoms with van der Waals surface area (Å²) in [5.74, 6) is -0.843. The minimum absolute atomic E-state index is 0. The van der Waals surface area contributed by atoms with Gasteiger partial charge in [0.05, 0.1) is 0 Å². The molecule has 125 valence electrons. The van der Waals surface area contributed by atoms with Gasteiger partial charge in [-0.15, -0.1) is 0 Å². The van der Waals surface area contributed by atoms with Crippen molar-refractivity contribution in [1.29, 1.82) is 0 Å². The second-order valence-corrected chi connectivity index (χ2v) is 6.25. The minimum atomic E-state index is -0.843. The zero-order valence-electron chi connectivity index (χ0n) is 15.2. The van der Waals surface area contributed by atoms with E-state index in [2.05, 4.69) is 13.5 Å². The molecule has 0 atom stereocenters. The molecule has 0 rings (SSSR count). The van der Waals surface area contributed by atoms with Crippen molar-refractivity contribution in [2.45, 2.75) is 103 Å². The predicted molar refractivity (Wildman–Crippen MR) is 97.5 cm³/mol. The maximum atomic E-state index is 10.6. The van der Waals surface area contributed by atoms with Crippen molar-refractivity contribution in [3.63, 3.8) is 0 Å². The Hall–Kier alpha value is 0.210. The molecule has 0 amide bonds. The van der Waals surface area contributed by atoms with Crippen LogP contribution in [0.2, 0.25) is 0 Å². The molecule has 0 aliphatic rings. The topological polar surface area (TPSA) is 37.3 Å². The van der Waals surface area contributed by atoms with Crippen molar-refractivity contribution in [2.24, 2.45) is 0 Å².